The van der Waals surface area contributed by atoms with Gasteiger partial charge in [0, 0.05) is 23.7 Å². The lowest BCUT2D eigenvalue weighted by atomic mass is 10.1. The Bertz CT molecular complexity index is 962. The molecule has 0 bridgehead atoms. The summed E-state index contributed by atoms with van der Waals surface area (Å²) in [5.74, 6) is 1.14. The lowest BCUT2D eigenvalue weighted by Crippen LogP contribution is -2.07. The summed E-state index contributed by atoms with van der Waals surface area (Å²) in [5.41, 5.74) is 1.69. The third kappa shape index (κ3) is 3.31. The molecular formula is C19H19FN4OS. The van der Waals surface area contributed by atoms with E-state index in [9.17, 15) is 4.39 Å². The van der Waals surface area contributed by atoms with Crippen molar-refractivity contribution < 1.29 is 9.13 Å². The third-order valence-electron chi connectivity index (χ3n) is 4.44. The van der Waals surface area contributed by atoms with Gasteiger partial charge in [-0.2, -0.15) is 0 Å². The minimum absolute atomic E-state index is 0.200. The molecule has 0 radical (unpaired) electrons. The minimum Gasteiger partial charge on any atom is -0.494 e. The number of fused-ring (bicyclic) bond motifs is 1. The molecular weight excluding hydrogens is 351 g/mol. The van der Waals surface area contributed by atoms with Gasteiger partial charge in [0.25, 0.3) is 0 Å². The van der Waals surface area contributed by atoms with Crippen molar-refractivity contribution >= 4 is 28.5 Å². The van der Waals surface area contributed by atoms with Crippen molar-refractivity contribution in [1.29, 1.82) is 0 Å². The molecule has 134 valence electrons. The number of benzene rings is 1. The van der Waals surface area contributed by atoms with Crippen LogP contribution in [0.15, 0.2) is 35.6 Å². The molecule has 1 aromatic carbocycles. The van der Waals surface area contributed by atoms with E-state index in [1.807, 2.05) is 12.3 Å². The van der Waals surface area contributed by atoms with Crippen molar-refractivity contribution in [2.75, 3.05) is 25.2 Å². The van der Waals surface area contributed by atoms with Crippen LogP contribution in [0.2, 0.25) is 0 Å². The van der Waals surface area contributed by atoms with E-state index in [2.05, 4.69) is 20.3 Å². The molecule has 1 aliphatic rings. The van der Waals surface area contributed by atoms with Gasteiger partial charge in [-0.25, -0.2) is 19.3 Å². The Morgan fingerprint density at radius 2 is 2.15 bits per heavy atom. The number of nitrogens with zero attached hydrogens (tertiary/aromatic N) is 3. The van der Waals surface area contributed by atoms with Gasteiger partial charge < -0.3 is 10.1 Å². The van der Waals surface area contributed by atoms with Crippen LogP contribution in [0, 0.1) is 11.7 Å². The van der Waals surface area contributed by atoms with Gasteiger partial charge in [0.05, 0.1) is 12.8 Å². The topological polar surface area (TPSA) is 59.9 Å². The van der Waals surface area contributed by atoms with E-state index in [1.54, 1.807) is 24.4 Å². The lowest BCUT2D eigenvalue weighted by molar-refractivity contribution is 0.387. The third-order valence-corrected chi connectivity index (χ3v) is 5.00. The summed E-state index contributed by atoms with van der Waals surface area (Å²) in [6.45, 7) is 0.852. The average Bonchev–Trinajstić information content (AvgIpc) is 3.50. The highest BCUT2D eigenvalue weighted by Crippen LogP contribution is 2.33. The fourth-order valence-corrected chi connectivity index (χ4v) is 3.15. The lowest BCUT2D eigenvalue weighted by Gasteiger charge is -2.12. The van der Waals surface area contributed by atoms with Gasteiger partial charge in [-0.3, -0.25) is 0 Å². The van der Waals surface area contributed by atoms with Gasteiger partial charge >= 0.3 is 0 Å². The van der Waals surface area contributed by atoms with E-state index in [0.717, 1.165) is 17.4 Å². The first-order valence-electron chi connectivity index (χ1n) is 8.48. The van der Waals surface area contributed by atoms with E-state index in [0.29, 0.717) is 28.1 Å². The number of thioether (sulfide) groups is 1. The molecule has 4 rings (SSSR count). The van der Waals surface area contributed by atoms with E-state index < -0.39 is 5.82 Å². The molecule has 0 amide bonds. The Labute approximate surface area is 155 Å². The van der Waals surface area contributed by atoms with Gasteiger partial charge in [-0.15, -0.1) is 0 Å². The predicted octanol–water partition coefficient (Wildman–Crippen LogP) is 4.38. The first kappa shape index (κ1) is 17.0. The normalized spacial score (nSPS) is 13.8. The minimum atomic E-state index is -0.420. The van der Waals surface area contributed by atoms with Crippen LogP contribution in [-0.4, -0.2) is 34.9 Å². The quantitative estimate of drug-likeness (QED) is 0.513. The van der Waals surface area contributed by atoms with E-state index in [1.165, 1.54) is 31.7 Å². The molecule has 1 fully saturated rings. The first-order chi connectivity index (χ1) is 12.7. The number of halogens is 1. The fraction of sp³-hybridized carbons (Fsp3) is 0.316. The maximum absolute atomic E-state index is 14.7. The molecule has 26 heavy (non-hydrogen) atoms. The monoisotopic (exact) mass is 370 g/mol. The molecule has 1 aliphatic carbocycles. The zero-order chi connectivity index (χ0) is 18.1. The summed E-state index contributed by atoms with van der Waals surface area (Å²) < 4.78 is 19.8. The Morgan fingerprint density at radius 3 is 2.88 bits per heavy atom. The zero-order valence-corrected chi connectivity index (χ0v) is 15.4. The van der Waals surface area contributed by atoms with Crippen LogP contribution in [0.4, 0.5) is 10.2 Å². The molecule has 0 spiro atoms. The van der Waals surface area contributed by atoms with Crippen molar-refractivity contribution in [2.45, 2.75) is 18.0 Å². The highest BCUT2D eigenvalue weighted by atomic mass is 32.2. The molecule has 1 saturated carbocycles. The summed E-state index contributed by atoms with van der Waals surface area (Å²) in [5, 5.41) is 4.91. The van der Waals surface area contributed by atoms with Crippen molar-refractivity contribution in [1.82, 2.24) is 15.0 Å². The SMILES string of the molecule is COc1cccc(-c2cc3cnc(SC)nc3c(NCC3CC3)n2)c1F. The number of hydrogen-bond donors (Lipinski definition) is 1. The Morgan fingerprint density at radius 1 is 1.31 bits per heavy atom. The van der Waals surface area contributed by atoms with E-state index in [-0.39, 0.29) is 5.75 Å². The summed E-state index contributed by atoms with van der Waals surface area (Å²) in [6, 6.07) is 6.88. The van der Waals surface area contributed by atoms with Crippen LogP contribution in [0.5, 0.6) is 5.75 Å². The molecule has 0 aliphatic heterocycles. The summed E-state index contributed by atoms with van der Waals surface area (Å²) in [6.07, 6.45) is 6.17. The van der Waals surface area contributed by atoms with Crippen LogP contribution in [0.1, 0.15) is 12.8 Å². The maximum atomic E-state index is 14.7. The first-order valence-corrected chi connectivity index (χ1v) is 9.70. The molecule has 0 saturated heterocycles. The largest absolute Gasteiger partial charge is 0.494 e. The van der Waals surface area contributed by atoms with Crippen LogP contribution in [0.25, 0.3) is 22.2 Å². The van der Waals surface area contributed by atoms with Crippen LogP contribution < -0.4 is 10.1 Å². The standard InChI is InChI=1S/C19H19FN4OS/c1-25-15-5-3-4-13(16(15)20)14-8-12-10-22-19(26-2)24-17(12)18(23-14)21-9-11-6-7-11/h3-5,8,10-11H,6-7,9H2,1-2H3,(H,21,23). The Hall–Kier alpha value is -2.41. The molecule has 2 heterocycles. The number of rotatable bonds is 6. The molecule has 0 unspecified atom stereocenters. The number of methoxy groups -OCH3 is 1. The van der Waals surface area contributed by atoms with Crippen LogP contribution >= 0.6 is 11.8 Å². The maximum Gasteiger partial charge on any atom is 0.187 e. The highest BCUT2D eigenvalue weighted by molar-refractivity contribution is 7.98. The molecule has 0 atom stereocenters. The average molecular weight is 370 g/mol. The molecule has 7 heteroatoms. The Balaban J connectivity index is 1.85. The van der Waals surface area contributed by atoms with Gasteiger partial charge in [0.1, 0.15) is 5.52 Å². The summed E-state index contributed by atoms with van der Waals surface area (Å²) in [7, 11) is 1.45. The smallest absolute Gasteiger partial charge is 0.187 e. The van der Waals surface area contributed by atoms with Gasteiger partial charge in [0.2, 0.25) is 0 Å². The van der Waals surface area contributed by atoms with E-state index >= 15 is 0 Å². The predicted molar refractivity (Wildman–Crippen MR) is 102 cm³/mol. The Kier molecular flexibility index (Phi) is 4.63. The van der Waals surface area contributed by atoms with E-state index in [4.69, 9.17) is 4.74 Å². The molecule has 3 aromatic rings. The highest BCUT2D eigenvalue weighted by Gasteiger charge is 2.22. The number of anilines is 1. The van der Waals surface area contributed by atoms with Crippen LogP contribution in [0.3, 0.4) is 0 Å². The number of hydrogen-bond acceptors (Lipinski definition) is 6. The van der Waals surface area contributed by atoms with Gasteiger partial charge in [-0.1, -0.05) is 17.8 Å². The number of ether oxygens (including phenoxy) is 1. The second-order valence-corrected chi connectivity index (χ2v) is 7.07. The second kappa shape index (κ2) is 7.07. The van der Waals surface area contributed by atoms with Crippen molar-refractivity contribution in [3.63, 3.8) is 0 Å². The molecule has 5 nitrogen and oxygen atoms in total. The number of pyridine rings is 1. The zero-order valence-electron chi connectivity index (χ0n) is 14.6. The van der Waals surface area contributed by atoms with Gasteiger partial charge in [-0.05, 0) is 43.2 Å². The van der Waals surface area contributed by atoms with Crippen molar-refractivity contribution in [3.05, 3.63) is 36.3 Å². The number of nitrogens with one attached hydrogen (secondary N) is 1. The molecule has 1 N–H and O–H groups in total. The summed E-state index contributed by atoms with van der Waals surface area (Å²) >= 11 is 1.48. The number of aromatic nitrogens is 3. The fourth-order valence-electron chi connectivity index (χ4n) is 2.81. The van der Waals surface area contributed by atoms with Gasteiger partial charge in [0.15, 0.2) is 22.5 Å². The van der Waals surface area contributed by atoms with Crippen molar-refractivity contribution in [2.24, 2.45) is 5.92 Å². The van der Waals surface area contributed by atoms with Crippen molar-refractivity contribution in [3.8, 4) is 17.0 Å². The summed E-state index contributed by atoms with van der Waals surface area (Å²) in [4.78, 5) is 13.6. The second-order valence-electron chi connectivity index (χ2n) is 6.30. The molecule has 2 aromatic heterocycles. The van der Waals surface area contributed by atoms with Crippen LogP contribution in [-0.2, 0) is 0 Å².